The van der Waals surface area contributed by atoms with E-state index in [1.807, 2.05) is 30.3 Å². The number of nitrogens with zero attached hydrogens (tertiary/aromatic N) is 1. The highest BCUT2D eigenvalue weighted by molar-refractivity contribution is 7.22. The second-order valence-corrected chi connectivity index (χ2v) is 7.08. The lowest BCUT2D eigenvalue weighted by Crippen LogP contribution is -2.10. The lowest BCUT2D eigenvalue weighted by Gasteiger charge is -2.01. The van der Waals surface area contributed by atoms with Crippen molar-refractivity contribution in [1.82, 2.24) is 9.97 Å². The number of nitrogens with one attached hydrogen (secondary N) is 1. The lowest BCUT2D eigenvalue weighted by molar-refractivity contribution is 0.627. The summed E-state index contributed by atoms with van der Waals surface area (Å²) in [4.78, 5) is 20.7. The predicted molar refractivity (Wildman–Crippen MR) is 99.9 cm³/mol. The number of thiophene rings is 1. The monoisotopic (exact) mass is 370 g/mol. The Labute approximate surface area is 151 Å². The summed E-state index contributed by atoms with van der Waals surface area (Å²) in [6.07, 6.45) is 0.433. The zero-order valence-electron chi connectivity index (χ0n) is 12.9. The van der Waals surface area contributed by atoms with Crippen LogP contribution in [0.25, 0.3) is 20.7 Å². The first-order chi connectivity index (χ1) is 12.1. The van der Waals surface area contributed by atoms with Gasteiger partial charge in [-0.2, -0.15) is 0 Å². The van der Waals surface area contributed by atoms with E-state index < -0.39 is 0 Å². The standard InChI is InChI=1S/C19H12ClFN2OS/c20-14-4-2-1-3-13(14)16-10-15-18(25-16)19(24)23-17(22-15)9-11-5-7-12(21)8-6-11/h1-8,10H,9H2,(H,22,23,24). The molecule has 25 heavy (non-hydrogen) atoms. The van der Waals surface area contributed by atoms with Gasteiger partial charge >= 0.3 is 0 Å². The number of aromatic nitrogens is 2. The number of halogens is 2. The number of H-pyrrole nitrogens is 1. The smallest absolute Gasteiger partial charge is 0.268 e. The summed E-state index contributed by atoms with van der Waals surface area (Å²) >= 11 is 7.62. The number of hydrogen-bond donors (Lipinski definition) is 1. The van der Waals surface area contributed by atoms with Gasteiger partial charge in [0.1, 0.15) is 16.3 Å². The van der Waals surface area contributed by atoms with E-state index in [-0.39, 0.29) is 11.4 Å². The molecular weight excluding hydrogens is 359 g/mol. The van der Waals surface area contributed by atoms with Crippen molar-refractivity contribution in [3.63, 3.8) is 0 Å². The van der Waals surface area contributed by atoms with Gasteiger partial charge in [0.15, 0.2) is 0 Å². The average Bonchev–Trinajstić information content (AvgIpc) is 3.02. The average molecular weight is 371 g/mol. The van der Waals surface area contributed by atoms with Gasteiger partial charge in [-0.3, -0.25) is 4.79 Å². The minimum atomic E-state index is -0.289. The molecule has 3 nitrogen and oxygen atoms in total. The molecule has 0 radical (unpaired) electrons. The summed E-state index contributed by atoms with van der Waals surface area (Å²) in [5.74, 6) is 0.260. The van der Waals surface area contributed by atoms with Crippen molar-refractivity contribution in [2.45, 2.75) is 6.42 Å². The molecule has 0 aliphatic carbocycles. The van der Waals surface area contributed by atoms with Gasteiger partial charge in [-0.05, 0) is 29.8 Å². The lowest BCUT2D eigenvalue weighted by atomic mass is 10.1. The number of aromatic amines is 1. The zero-order valence-corrected chi connectivity index (χ0v) is 14.5. The van der Waals surface area contributed by atoms with Crippen molar-refractivity contribution in [2.75, 3.05) is 0 Å². The van der Waals surface area contributed by atoms with Crippen LogP contribution in [0.2, 0.25) is 5.02 Å². The van der Waals surface area contributed by atoms with Crippen molar-refractivity contribution in [2.24, 2.45) is 0 Å². The third-order valence-corrected chi connectivity index (χ3v) is 5.34. The minimum absolute atomic E-state index is 0.176. The first kappa shape index (κ1) is 16.0. The predicted octanol–water partition coefficient (Wildman–Crippen LogP) is 5.03. The van der Waals surface area contributed by atoms with Gasteiger partial charge in [-0.1, -0.05) is 41.9 Å². The second-order valence-electron chi connectivity index (χ2n) is 5.62. The molecule has 0 fully saturated rings. The van der Waals surface area contributed by atoms with Crippen LogP contribution in [0.1, 0.15) is 11.4 Å². The highest BCUT2D eigenvalue weighted by Crippen LogP contribution is 2.35. The van der Waals surface area contributed by atoms with Gasteiger partial charge in [0.25, 0.3) is 5.56 Å². The molecule has 0 atom stereocenters. The fourth-order valence-corrected chi connectivity index (χ4v) is 3.99. The molecule has 0 aliphatic rings. The molecule has 0 unspecified atom stereocenters. The Hall–Kier alpha value is -2.50. The van der Waals surface area contributed by atoms with E-state index in [2.05, 4.69) is 9.97 Å². The number of fused-ring (bicyclic) bond motifs is 1. The molecule has 0 amide bonds. The van der Waals surface area contributed by atoms with Gasteiger partial charge in [-0.15, -0.1) is 11.3 Å². The molecule has 0 spiro atoms. The van der Waals surface area contributed by atoms with E-state index in [1.165, 1.54) is 23.5 Å². The normalized spacial score (nSPS) is 11.1. The topological polar surface area (TPSA) is 45.8 Å². The van der Waals surface area contributed by atoms with E-state index in [9.17, 15) is 9.18 Å². The Kier molecular flexibility index (Phi) is 4.11. The maximum absolute atomic E-state index is 13.0. The number of hydrogen-bond acceptors (Lipinski definition) is 3. The van der Waals surface area contributed by atoms with Crippen LogP contribution < -0.4 is 5.56 Å². The Morgan fingerprint density at radius 2 is 1.88 bits per heavy atom. The molecule has 2 aromatic heterocycles. The van der Waals surface area contributed by atoms with Gasteiger partial charge in [0.05, 0.1) is 5.52 Å². The van der Waals surface area contributed by atoms with Crippen molar-refractivity contribution in [3.8, 4) is 10.4 Å². The van der Waals surface area contributed by atoms with Crippen molar-refractivity contribution >= 4 is 33.2 Å². The van der Waals surface area contributed by atoms with Crippen LogP contribution in [0, 0.1) is 5.82 Å². The fraction of sp³-hybridized carbons (Fsp3) is 0.0526. The first-order valence-electron chi connectivity index (χ1n) is 7.62. The molecule has 2 aromatic carbocycles. The Morgan fingerprint density at radius 3 is 2.64 bits per heavy atom. The first-order valence-corrected chi connectivity index (χ1v) is 8.82. The number of benzene rings is 2. The van der Waals surface area contributed by atoms with Gasteiger partial charge in [0.2, 0.25) is 0 Å². The Balaban J connectivity index is 1.76. The van der Waals surface area contributed by atoms with Crippen LogP contribution >= 0.6 is 22.9 Å². The van der Waals surface area contributed by atoms with Crippen LogP contribution in [-0.2, 0) is 6.42 Å². The SMILES string of the molecule is O=c1[nH]c(Cc2ccc(F)cc2)nc2cc(-c3ccccc3Cl)sc12. The second kappa shape index (κ2) is 6.43. The van der Waals surface area contributed by atoms with E-state index in [4.69, 9.17) is 11.6 Å². The molecule has 0 saturated carbocycles. The van der Waals surface area contributed by atoms with Crippen LogP contribution in [0.5, 0.6) is 0 Å². The van der Waals surface area contributed by atoms with E-state index in [1.54, 1.807) is 12.1 Å². The molecule has 4 rings (SSSR count). The largest absolute Gasteiger partial charge is 0.309 e. The van der Waals surface area contributed by atoms with E-state index in [0.29, 0.717) is 27.5 Å². The summed E-state index contributed by atoms with van der Waals surface area (Å²) in [5.41, 5.74) is 2.23. The molecule has 0 bridgehead atoms. The number of rotatable bonds is 3. The molecule has 0 saturated heterocycles. The highest BCUT2D eigenvalue weighted by Gasteiger charge is 2.12. The van der Waals surface area contributed by atoms with Crippen molar-refractivity contribution in [3.05, 3.63) is 87.2 Å². The summed E-state index contributed by atoms with van der Waals surface area (Å²) < 4.78 is 13.6. The van der Waals surface area contributed by atoms with Gasteiger partial charge in [-0.25, -0.2) is 9.37 Å². The summed E-state index contributed by atoms with van der Waals surface area (Å²) in [5, 5.41) is 0.636. The third kappa shape index (κ3) is 3.21. The minimum Gasteiger partial charge on any atom is -0.309 e. The Bertz CT molecular complexity index is 1120. The molecule has 6 heteroatoms. The molecule has 0 aliphatic heterocycles. The fourth-order valence-electron chi connectivity index (χ4n) is 2.66. The van der Waals surface area contributed by atoms with Gasteiger partial charge in [0, 0.05) is 21.9 Å². The summed E-state index contributed by atoms with van der Waals surface area (Å²) in [6.45, 7) is 0. The molecule has 1 N–H and O–H groups in total. The van der Waals surface area contributed by atoms with Crippen LogP contribution in [-0.4, -0.2) is 9.97 Å². The zero-order chi connectivity index (χ0) is 17.4. The van der Waals surface area contributed by atoms with Crippen molar-refractivity contribution in [1.29, 1.82) is 0 Å². The molecule has 2 heterocycles. The van der Waals surface area contributed by atoms with Crippen LogP contribution in [0.3, 0.4) is 0 Å². The highest BCUT2D eigenvalue weighted by atomic mass is 35.5. The maximum atomic E-state index is 13.0. The maximum Gasteiger partial charge on any atom is 0.268 e. The molecular formula is C19H12ClFN2OS. The third-order valence-electron chi connectivity index (χ3n) is 3.86. The van der Waals surface area contributed by atoms with Crippen molar-refractivity contribution < 1.29 is 4.39 Å². The van der Waals surface area contributed by atoms with E-state index in [0.717, 1.165) is 16.0 Å². The Morgan fingerprint density at radius 1 is 1.12 bits per heavy atom. The molecule has 124 valence electrons. The van der Waals surface area contributed by atoms with E-state index >= 15 is 0 Å². The molecule has 4 aromatic rings. The summed E-state index contributed by atoms with van der Waals surface area (Å²) in [7, 11) is 0. The van der Waals surface area contributed by atoms with Crippen LogP contribution in [0.4, 0.5) is 4.39 Å². The van der Waals surface area contributed by atoms with Gasteiger partial charge < -0.3 is 4.98 Å². The quantitative estimate of drug-likeness (QED) is 0.549. The van der Waals surface area contributed by atoms with Crippen LogP contribution in [0.15, 0.2) is 59.4 Å². The summed E-state index contributed by atoms with van der Waals surface area (Å²) in [6, 6.07) is 15.5.